The van der Waals surface area contributed by atoms with Crippen LogP contribution < -0.4 is 5.32 Å². The second kappa shape index (κ2) is 18.9. The van der Waals surface area contributed by atoms with E-state index >= 15 is 0 Å². The minimum Gasteiger partial charge on any atom is -0.461 e. The van der Waals surface area contributed by atoms with Crippen LogP contribution in [-0.2, 0) is 51.7 Å². The van der Waals surface area contributed by atoms with Gasteiger partial charge in [-0.25, -0.2) is 9.59 Å². The average Bonchev–Trinajstić information content (AvgIpc) is 3.21. The molecule has 0 aromatic heterocycles. The van der Waals surface area contributed by atoms with Gasteiger partial charge in [-0.15, -0.1) is 0 Å². The Morgan fingerprint density at radius 2 is 1.04 bits per heavy atom. The van der Waals surface area contributed by atoms with E-state index in [-0.39, 0.29) is 38.7 Å². The first-order valence-corrected chi connectivity index (χ1v) is 18.0. The molecule has 0 aliphatic heterocycles. The van der Waals surface area contributed by atoms with Gasteiger partial charge in [-0.3, -0.25) is 4.79 Å². The zero-order valence-electron chi connectivity index (χ0n) is 29.7. The molecule has 1 N–H and O–H groups in total. The van der Waals surface area contributed by atoms with Crippen LogP contribution in [0.5, 0.6) is 0 Å². The topological polar surface area (TPSA) is 84.9 Å². The van der Waals surface area contributed by atoms with Gasteiger partial charge in [-0.05, 0) is 51.4 Å². The molecule has 0 spiro atoms. The van der Waals surface area contributed by atoms with Crippen LogP contribution in [0.2, 0.25) is 0 Å². The fourth-order valence-electron chi connectivity index (χ4n) is 6.27. The van der Waals surface area contributed by atoms with Gasteiger partial charge < -0.3 is 19.7 Å². The first kappa shape index (κ1) is 36.6. The highest BCUT2D eigenvalue weighted by molar-refractivity contribution is 5.86. The molecule has 53 heavy (non-hydrogen) atoms. The van der Waals surface area contributed by atoms with Crippen LogP contribution in [0.3, 0.4) is 0 Å². The van der Waals surface area contributed by atoms with E-state index < -0.39 is 24.0 Å². The van der Waals surface area contributed by atoms with Crippen molar-refractivity contribution in [3.8, 4) is 0 Å². The van der Waals surface area contributed by atoms with Gasteiger partial charge in [-0.2, -0.15) is 0 Å². The number of hydrogen-bond acceptors (Lipinski definition) is 5. The van der Waals surface area contributed by atoms with Crippen molar-refractivity contribution < 1.29 is 23.9 Å². The maximum Gasteiger partial charge on any atom is 0.329 e. The minimum absolute atomic E-state index is 0.0757. The van der Waals surface area contributed by atoms with Crippen molar-refractivity contribution in [1.29, 1.82) is 0 Å². The highest BCUT2D eigenvalue weighted by Crippen LogP contribution is 2.20. The molecule has 0 saturated heterocycles. The average molecular weight is 705 g/mol. The number of urea groups is 1. The summed E-state index contributed by atoms with van der Waals surface area (Å²) in [6, 6.07) is 51.1. The minimum atomic E-state index is -0.988. The summed E-state index contributed by atoms with van der Waals surface area (Å²) < 4.78 is 11.6. The predicted octanol–water partition coefficient (Wildman–Crippen LogP) is 8.70. The van der Waals surface area contributed by atoms with E-state index in [2.05, 4.69) is 5.32 Å². The number of nitrogens with zero attached hydrogens (tertiary/aromatic N) is 1. The van der Waals surface area contributed by atoms with Crippen LogP contribution in [-0.4, -0.2) is 35.5 Å². The molecule has 6 rings (SSSR count). The third-order valence-corrected chi connectivity index (χ3v) is 9.19. The maximum absolute atomic E-state index is 14.4. The van der Waals surface area contributed by atoms with Gasteiger partial charge in [0.25, 0.3) is 0 Å². The molecule has 0 radical (unpaired) electrons. The van der Waals surface area contributed by atoms with E-state index in [1.54, 1.807) is 4.90 Å². The summed E-state index contributed by atoms with van der Waals surface area (Å²) in [5, 5.41) is 5.12. The van der Waals surface area contributed by atoms with E-state index in [4.69, 9.17) is 9.47 Å². The Morgan fingerprint density at radius 1 is 0.528 bits per heavy atom. The summed E-state index contributed by atoms with van der Waals surface area (Å²) in [4.78, 5) is 43.6. The SMILES string of the molecule is O=C(OCc1ccccc1)C(CCc1ccccc1)CN(Cc1ccccc1)C(=O)N[C@@H](Cc1ccc2ccccc2c1)C(=O)OCc1ccccc1. The normalized spacial score (nSPS) is 12.0. The van der Waals surface area contributed by atoms with Gasteiger partial charge in [0.15, 0.2) is 0 Å². The van der Waals surface area contributed by atoms with Crippen molar-refractivity contribution in [1.82, 2.24) is 10.2 Å². The number of nitrogens with one attached hydrogen (secondary N) is 1. The molecule has 2 atom stereocenters. The number of benzene rings is 6. The largest absolute Gasteiger partial charge is 0.461 e. The predicted molar refractivity (Wildman–Crippen MR) is 208 cm³/mol. The maximum atomic E-state index is 14.4. The number of amides is 2. The molecule has 0 heterocycles. The van der Waals surface area contributed by atoms with Crippen molar-refractivity contribution in [3.63, 3.8) is 0 Å². The zero-order valence-corrected chi connectivity index (χ0v) is 29.7. The molecule has 7 nitrogen and oxygen atoms in total. The summed E-state index contributed by atoms with van der Waals surface area (Å²) in [6.45, 7) is 0.519. The van der Waals surface area contributed by atoms with E-state index in [9.17, 15) is 14.4 Å². The third-order valence-electron chi connectivity index (χ3n) is 9.19. The first-order valence-electron chi connectivity index (χ1n) is 18.0. The molecule has 0 fully saturated rings. The Balaban J connectivity index is 1.25. The Hall–Kier alpha value is -6.21. The van der Waals surface area contributed by atoms with Crippen molar-refractivity contribution >= 4 is 28.7 Å². The van der Waals surface area contributed by atoms with E-state index in [1.807, 2.05) is 164 Å². The second-order valence-electron chi connectivity index (χ2n) is 13.2. The highest BCUT2D eigenvalue weighted by Gasteiger charge is 2.30. The lowest BCUT2D eigenvalue weighted by atomic mass is 9.98. The number of hydrogen-bond donors (Lipinski definition) is 1. The highest BCUT2D eigenvalue weighted by atomic mass is 16.5. The number of ether oxygens (including phenoxy) is 2. The fourth-order valence-corrected chi connectivity index (χ4v) is 6.27. The smallest absolute Gasteiger partial charge is 0.329 e. The van der Waals surface area contributed by atoms with Crippen molar-refractivity contribution in [3.05, 3.63) is 192 Å². The molecule has 0 bridgehead atoms. The van der Waals surface area contributed by atoms with Crippen LogP contribution in [0.1, 0.15) is 34.2 Å². The van der Waals surface area contributed by atoms with Gasteiger partial charge in [-0.1, -0.05) is 164 Å². The lowest BCUT2D eigenvalue weighted by molar-refractivity contribution is -0.151. The van der Waals surface area contributed by atoms with Crippen LogP contribution in [0.15, 0.2) is 164 Å². The molecule has 7 heteroatoms. The monoisotopic (exact) mass is 704 g/mol. The Kier molecular flexibility index (Phi) is 13.0. The van der Waals surface area contributed by atoms with Gasteiger partial charge in [0.1, 0.15) is 19.3 Å². The van der Waals surface area contributed by atoms with Gasteiger partial charge in [0.2, 0.25) is 0 Å². The molecule has 1 unspecified atom stereocenters. The second-order valence-corrected chi connectivity index (χ2v) is 13.2. The summed E-state index contributed by atoms with van der Waals surface area (Å²) >= 11 is 0. The standard InChI is InChI=1S/C46H44N2O5/c49-44(52-33-37-19-9-3-10-20-37)42(28-25-35-15-5-1-6-16-35)32-48(31-36-17-7-2-8-18-36)46(51)47-43(45(50)53-34-38-21-11-4-12-22-38)30-39-26-27-40-23-13-14-24-41(40)29-39/h1-24,26-27,29,42-43H,25,28,30-34H2,(H,47,51)/t42?,43-/m0/s1. The molecule has 268 valence electrons. The summed E-state index contributed by atoms with van der Waals surface area (Å²) in [5.41, 5.74) is 4.58. The number of fused-ring (bicyclic) bond motifs is 1. The van der Waals surface area contributed by atoms with Gasteiger partial charge in [0, 0.05) is 19.5 Å². The van der Waals surface area contributed by atoms with Crippen LogP contribution in [0.25, 0.3) is 10.8 Å². The molecule has 0 saturated carbocycles. The quantitative estimate of drug-likeness (QED) is 0.102. The van der Waals surface area contributed by atoms with Crippen molar-refractivity contribution in [2.24, 2.45) is 5.92 Å². The van der Waals surface area contributed by atoms with E-state index in [0.29, 0.717) is 12.8 Å². The molecule has 2 amide bonds. The number of esters is 2. The molecule has 6 aromatic rings. The number of carbonyl (C=O) groups excluding carboxylic acids is 3. The number of rotatable bonds is 16. The van der Waals surface area contributed by atoms with Gasteiger partial charge in [0.05, 0.1) is 5.92 Å². The van der Waals surface area contributed by atoms with Crippen LogP contribution >= 0.6 is 0 Å². The summed E-state index contributed by atoms with van der Waals surface area (Å²) in [7, 11) is 0. The molecular formula is C46H44N2O5. The Bertz CT molecular complexity index is 2060. The molecular weight excluding hydrogens is 661 g/mol. The molecule has 0 aliphatic rings. The van der Waals surface area contributed by atoms with Gasteiger partial charge >= 0.3 is 18.0 Å². The Labute approximate surface area is 311 Å². The fraction of sp³-hybridized carbons (Fsp3) is 0.196. The van der Waals surface area contributed by atoms with E-state index in [0.717, 1.165) is 38.6 Å². The molecule has 0 aliphatic carbocycles. The first-order chi connectivity index (χ1) is 26.0. The van der Waals surface area contributed by atoms with E-state index in [1.165, 1.54) is 0 Å². The lowest BCUT2D eigenvalue weighted by Crippen LogP contribution is -2.50. The molecule has 6 aromatic carbocycles. The van der Waals surface area contributed by atoms with Crippen molar-refractivity contribution in [2.45, 2.75) is 45.1 Å². The van der Waals surface area contributed by atoms with Crippen LogP contribution in [0.4, 0.5) is 4.79 Å². The zero-order chi connectivity index (χ0) is 36.7. The van der Waals surface area contributed by atoms with Crippen molar-refractivity contribution in [2.75, 3.05) is 6.54 Å². The number of carbonyl (C=O) groups is 3. The third kappa shape index (κ3) is 11.1. The number of aryl methyl sites for hydroxylation is 1. The summed E-state index contributed by atoms with van der Waals surface area (Å²) in [5.74, 6) is -1.55. The van der Waals surface area contributed by atoms with Crippen LogP contribution in [0, 0.1) is 5.92 Å². The Morgan fingerprint density at radius 3 is 1.64 bits per heavy atom. The summed E-state index contributed by atoms with van der Waals surface area (Å²) in [6.07, 6.45) is 1.32. The lowest BCUT2D eigenvalue weighted by Gasteiger charge is -2.29.